The van der Waals surface area contributed by atoms with Crippen LogP contribution in [0, 0.1) is 0 Å². The second-order valence-electron chi connectivity index (χ2n) is 5.29. The number of hydrogen-bond donors (Lipinski definition) is 3. The van der Waals surface area contributed by atoms with E-state index in [1.807, 2.05) is 0 Å². The SMILES string of the molecule is COCCCCCNC(=O)NC(C)c1cccc(S(N)(=O)=O)c1. The zero-order valence-electron chi connectivity index (χ0n) is 13.5. The molecule has 7 nitrogen and oxygen atoms in total. The van der Waals surface area contributed by atoms with Crippen molar-refractivity contribution in [2.75, 3.05) is 20.3 Å². The van der Waals surface area contributed by atoms with Crippen LogP contribution >= 0.6 is 0 Å². The molecule has 0 aliphatic carbocycles. The Morgan fingerprint density at radius 2 is 2.04 bits per heavy atom. The van der Waals surface area contributed by atoms with Gasteiger partial charge in [-0.15, -0.1) is 0 Å². The van der Waals surface area contributed by atoms with Gasteiger partial charge in [0, 0.05) is 20.3 Å². The number of hydrogen-bond acceptors (Lipinski definition) is 4. The second-order valence-corrected chi connectivity index (χ2v) is 6.85. The zero-order chi connectivity index (χ0) is 17.3. The van der Waals surface area contributed by atoms with Crippen LogP contribution in [0.25, 0.3) is 0 Å². The molecule has 0 heterocycles. The van der Waals surface area contributed by atoms with E-state index < -0.39 is 10.0 Å². The third kappa shape index (κ3) is 7.45. The maximum absolute atomic E-state index is 11.8. The van der Waals surface area contributed by atoms with Crippen molar-refractivity contribution in [1.82, 2.24) is 10.6 Å². The Morgan fingerprint density at radius 1 is 1.30 bits per heavy atom. The fraction of sp³-hybridized carbons (Fsp3) is 0.533. The van der Waals surface area contributed by atoms with E-state index in [1.165, 1.54) is 12.1 Å². The van der Waals surface area contributed by atoms with Crippen molar-refractivity contribution in [3.05, 3.63) is 29.8 Å². The van der Waals surface area contributed by atoms with Gasteiger partial charge in [0.1, 0.15) is 0 Å². The summed E-state index contributed by atoms with van der Waals surface area (Å²) < 4.78 is 27.7. The van der Waals surface area contributed by atoms with Crippen LogP contribution in [0.15, 0.2) is 29.2 Å². The number of methoxy groups -OCH3 is 1. The lowest BCUT2D eigenvalue weighted by Crippen LogP contribution is -2.37. The summed E-state index contributed by atoms with van der Waals surface area (Å²) in [6.07, 6.45) is 2.84. The molecule has 8 heteroatoms. The molecule has 2 amide bonds. The van der Waals surface area contributed by atoms with E-state index in [-0.39, 0.29) is 17.0 Å². The molecular weight excluding hydrogens is 318 g/mol. The number of amides is 2. The minimum atomic E-state index is -3.75. The monoisotopic (exact) mass is 343 g/mol. The third-order valence-corrected chi connectivity index (χ3v) is 4.26. The number of nitrogens with two attached hydrogens (primary N) is 1. The number of ether oxygens (including phenoxy) is 1. The summed E-state index contributed by atoms with van der Waals surface area (Å²) in [5, 5.41) is 10.6. The molecule has 0 aliphatic heterocycles. The highest BCUT2D eigenvalue weighted by Gasteiger charge is 2.13. The Bertz CT molecular complexity index is 604. The van der Waals surface area contributed by atoms with E-state index in [0.29, 0.717) is 12.1 Å². The van der Waals surface area contributed by atoms with Gasteiger partial charge in [-0.1, -0.05) is 12.1 Å². The zero-order valence-corrected chi connectivity index (χ0v) is 14.4. The maximum Gasteiger partial charge on any atom is 0.315 e. The van der Waals surface area contributed by atoms with Crippen molar-refractivity contribution in [2.24, 2.45) is 5.14 Å². The summed E-state index contributed by atoms with van der Waals surface area (Å²) in [6.45, 7) is 3.09. The highest BCUT2D eigenvalue weighted by Crippen LogP contribution is 2.16. The molecular formula is C15H25N3O4S. The van der Waals surface area contributed by atoms with Gasteiger partial charge in [0.25, 0.3) is 0 Å². The van der Waals surface area contributed by atoms with Crippen LogP contribution in [-0.4, -0.2) is 34.7 Å². The number of nitrogens with one attached hydrogen (secondary N) is 2. The Balaban J connectivity index is 2.43. The van der Waals surface area contributed by atoms with E-state index in [0.717, 1.165) is 25.9 Å². The first kappa shape index (κ1) is 19.4. The van der Waals surface area contributed by atoms with Crippen molar-refractivity contribution in [3.63, 3.8) is 0 Å². The van der Waals surface area contributed by atoms with Crippen LogP contribution in [0.3, 0.4) is 0 Å². The van der Waals surface area contributed by atoms with Gasteiger partial charge in [0.2, 0.25) is 10.0 Å². The summed E-state index contributed by atoms with van der Waals surface area (Å²) in [5.41, 5.74) is 0.673. The van der Waals surface area contributed by atoms with Crippen molar-refractivity contribution < 1.29 is 17.9 Å². The molecule has 23 heavy (non-hydrogen) atoms. The lowest BCUT2D eigenvalue weighted by atomic mass is 10.1. The molecule has 130 valence electrons. The van der Waals surface area contributed by atoms with E-state index >= 15 is 0 Å². The van der Waals surface area contributed by atoms with Crippen molar-refractivity contribution in [1.29, 1.82) is 0 Å². The van der Waals surface area contributed by atoms with E-state index in [4.69, 9.17) is 9.88 Å². The topological polar surface area (TPSA) is 111 Å². The second kappa shape index (κ2) is 9.49. The van der Waals surface area contributed by atoms with Crippen LogP contribution in [-0.2, 0) is 14.8 Å². The smallest absolute Gasteiger partial charge is 0.315 e. The first-order valence-corrected chi connectivity index (χ1v) is 9.05. The number of carbonyl (C=O) groups excluding carboxylic acids is 1. The molecule has 0 saturated carbocycles. The van der Waals surface area contributed by atoms with Gasteiger partial charge in [0.15, 0.2) is 0 Å². The Labute approximate surface area is 137 Å². The van der Waals surface area contributed by atoms with E-state index in [2.05, 4.69) is 10.6 Å². The van der Waals surface area contributed by atoms with Crippen LogP contribution in [0.5, 0.6) is 0 Å². The normalized spacial score (nSPS) is 12.7. The minimum Gasteiger partial charge on any atom is -0.385 e. The molecule has 0 aromatic heterocycles. The highest BCUT2D eigenvalue weighted by atomic mass is 32.2. The Morgan fingerprint density at radius 3 is 2.70 bits per heavy atom. The lowest BCUT2D eigenvalue weighted by Gasteiger charge is -2.15. The first-order chi connectivity index (χ1) is 10.8. The van der Waals surface area contributed by atoms with Crippen LogP contribution in [0.2, 0.25) is 0 Å². The van der Waals surface area contributed by atoms with Gasteiger partial charge in [-0.05, 0) is 43.9 Å². The first-order valence-electron chi connectivity index (χ1n) is 7.50. The molecule has 0 saturated heterocycles. The molecule has 1 unspecified atom stereocenters. The number of benzene rings is 1. The van der Waals surface area contributed by atoms with Crippen LogP contribution < -0.4 is 15.8 Å². The van der Waals surface area contributed by atoms with E-state index in [1.54, 1.807) is 26.2 Å². The molecule has 0 radical (unpaired) electrons. The number of primary sulfonamides is 1. The van der Waals surface area contributed by atoms with Crippen LogP contribution in [0.1, 0.15) is 37.8 Å². The Kier molecular flexibility index (Phi) is 8.01. The molecule has 1 atom stereocenters. The quantitative estimate of drug-likeness (QED) is 0.590. The number of carbonyl (C=O) groups is 1. The molecule has 4 N–H and O–H groups in total. The molecule has 0 bridgehead atoms. The highest BCUT2D eigenvalue weighted by molar-refractivity contribution is 7.89. The van der Waals surface area contributed by atoms with Gasteiger partial charge < -0.3 is 15.4 Å². The molecule has 0 aliphatic rings. The standard InChI is InChI=1S/C15H25N3O4S/c1-12(13-7-6-8-14(11-13)23(16,20)21)18-15(19)17-9-4-3-5-10-22-2/h6-8,11-12H,3-5,9-10H2,1-2H3,(H2,16,20,21)(H2,17,18,19). The van der Waals surface area contributed by atoms with Gasteiger partial charge in [-0.25, -0.2) is 18.4 Å². The maximum atomic E-state index is 11.8. The van der Waals surface area contributed by atoms with Crippen molar-refractivity contribution >= 4 is 16.1 Å². The molecule has 1 aromatic rings. The number of urea groups is 1. The molecule has 0 spiro atoms. The Hall–Kier alpha value is -1.64. The van der Waals surface area contributed by atoms with Crippen LogP contribution in [0.4, 0.5) is 4.79 Å². The molecule has 1 aromatic carbocycles. The summed E-state index contributed by atoms with van der Waals surface area (Å²) in [7, 11) is -2.09. The summed E-state index contributed by atoms with van der Waals surface area (Å²) in [4.78, 5) is 11.8. The van der Waals surface area contributed by atoms with E-state index in [9.17, 15) is 13.2 Å². The predicted molar refractivity (Wildman–Crippen MR) is 88.5 cm³/mol. The van der Waals surface area contributed by atoms with Crippen molar-refractivity contribution in [3.8, 4) is 0 Å². The average Bonchev–Trinajstić information content (AvgIpc) is 2.50. The van der Waals surface area contributed by atoms with Crippen molar-refractivity contribution in [2.45, 2.75) is 37.1 Å². The third-order valence-electron chi connectivity index (χ3n) is 3.35. The van der Waals surface area contributed by atoms with Gasteiger partial charge in [-0.2, -0.15) is 0 Å². The molecule has 1 rings (SSSR count). The fourth-order valence-electron chi connectivity index (χ4n) is 2.04. The fourth-order valence-corrected chi connectivity index (χ4v) is 2.61. The molecule has 0 fully saturated rings. The summed E-state index contributed by atoms with van der Waals surface area (Å²) in [5.74, 6) is 0. The largest absolute Gasteiger partial charge is 0.385 e. The minimum absolute atomic E-state index is 0.0298. The summed E-state index contributed by atoms with van der Waals surface area (Å²) >= 11 is 0. The van der Waals surface area contributed by atoms with Gasteiger partial charge in [-0.3, -0.25) is 0 Å². The lowest BCUT2D eigenvalue weighted by molar-refractivity contribution is 0.192. The van der Waals surface area contributed by atoms with Gasteiger partial charge in [0.05, 0.1) is 10.9 Å². The summed E-state index contributed by atoms with van der Waals surface area (Å²) in [6, 6.07) is 5.61. The number of sulfonamides is 1. The number of unbranched alkanes of at least 4 members (excludes halogenated alkanes) is 2. The number of rotatable bonds is 9. The average molecular weight is 343 g/mol. The van der Waals surface area contributed by atoms with Gasteiger partial charge >= 0.3 is 6.03 Å². The predicted octanol–water partition coefficient (Wildman–Crippen LogP) is 1.51.